The summed E-state index contributed by atoms with van der Waals surface area (Å²) in [4.78, 5) is 28.8. The normalized spacial score (nSPS) is 13.2. The van der Waals surface area contributed by atoms with Gasteiger partial charge in [0.2, 0.25) is 0 Å². The molecule has 0 aliphatic carbocycles. The Balaban J connectivity index is 2.06. The number of nitrogens with zero attached hydrogens (tertiary/aromatic N) is 2. The summed E-state index contributed by atoms with van der Waals surface area (Å²) >= 11 is 0. The highest BCUT2D eigenvalue weighted by Gasteiger charge is 2.32. The van der Waals surface area contributed by atoms with Crippen LogP contribution in [0.15, 0.2) is 29.1 Å². The van der Waals surface area contributed by atoms with Gasteiger partial charge in [-0.05, 0) is 25.0 Å². The molecule has 0 spiro atoms. The van der Waals surface area contributed by atoms with Gasteiger partial charge in [-0.15, -0.1) is 0 Å². The number of pyridine rings is 2. The van der Waals surface area contributed by atoms with Gasteiger partial charge in [0.25, 0.3) is 12.0 Å². The minimum absolute atomic E-state index is 0.197. The molecule has 1 unspecified atom stereocenters. The largest absolute Gasteiger partial charge is 0.463 e. The number of aliphatic hydroxyl groups excluding tert-OH is 1. The Bertz CT molecular complexity index is 1180. The smallest absolute Gasteiger partial charge is 0.293 e. The van der Waals surface area contributed by atoms with Crippen LogP contribution >= 0.6 is 0 Å². The number of aryl methyl sites for hydroxylation is 1. The van der Waals surface area contributed by atoms with Crippen LogP contribution in [-0.2, 0) is 29.1 Å². The van der Waals surface area contributed by atoms with E-state index >= 15 is 0 Å². The molecular formula is C22H23N3O4. The van der Waals surface area contributed by atoms with E-state index in [0.29, 0.717) is 29.2 Å². The van der Waals surface area contributed by atoms with Gasteiger partial charge in [-0.25, -0.2) is 4.98 Å². The molecule has 150 valence electrons. The summed E-state index contributed by atoms with van der Waals surface area (Å²) in [5, 5.41) is 11.4. The summed E-state index contributed by atoms with van der Waals surface area (Å²) in [6, 6.07) is 7.92. The van der Waals surface area contributed by atoms with E-state index in [4.69, 9.17) is 15.5 Å². The van der Waals surface area contributed by atoms with Gasteiger partial charge >= 0.3 is 0 Å². The molecule has 0 radical (unpaired) electrons. The Labute approximate surface area is 167 Å². The molecule has 3 N–H and O–H groups in total. The zero-order valence-corrected chi connectivity index (χ0v) is 16.4. The van der Waals surface area contributed by atoms with Gasteiger partial charge < -0.3 is 20.1 Å². The molecule has 1 atom stereocenters. The molecule has 1 aromatic carbocycles. The van der Waals surface area contributed by atoms with E-state index in [2.05, 4.69) is 6.92 Å². The molecule has 0 saturated heterocycles. The third-order valence-electron chi connectivity index (χ3n) is 5.51. The van der Waals surface area contributed by atoms with E-state index in [-0.39, 0.29) is 24.2 Å². The van der Waals surface area contributed by atoms with Gasteiger partial charge in [0.15, 0.2) is 0 Å². The van der Waals surface area contributed by atoms with Crippen LogP contribution in [0.1, 0.15) is 48.6 Å². The first-order valence-corrected chi connectivity index (χ1v) is 9.68. The van der Waals surface area contributed by atoms with Crippen molar-refractivity contribution in [3.8, 4) is 11.4 Å². The molecule has 3 heterocycles. The van der Waals surface area contributed by atoms with Gasteiger partial charge in [0, 0.05) is 16.5 Å². The van der Waals surface area contributed by atoms with Crippen LogP contribution in [0.2, 0.25) is 0 Å². The number of aliphatic hydroxyl groups is 1. The minimum atomic E-state index is -0.988. The number of fused-ring (bicyclic) bond motifs is 4. The van der Waals surface area contributed by atoms with Gasteiger partial charge in [-0.1, -0.05) is 31.5 Å². The van der Waals surface area contributed by atoms with E-state index < -0.39 is 6.10 Å². The van der Waals surface area contributed by atoms with Gasteiger partial charge in [0.1, 0.15) is 6.61 Å². The topological polar surface area (TPSA) is 107 Å². The van der Waals surface area contributed by atoms with E-state index in [9.17, 15) is 14.7 Å². The highest BCUT2D eigenvalue weighted by molar-refractivity contribution is 5.90. The van der Waals surface area contributed by atoms with Crippen molar-refractivity contribution in [2.75, 3.05) is 5.73 Å². The SMILES string of the molecule is CCCc1c2c(nc3ccccc13)-c1c(N)c(C(C)O)c(COC=O)c(=O)n1C2. The van der Waals surface area contributed by atoms with Crippen LogP contribution in [0.4, 0.5) is 5.69 Å². The second kappa shape index (κ2) is 7.33. The number of carbonyl (C=O) groups excluding carboxylic acids is 1. The van der Waals surface area contributed by atoms with Gasteiger partial charge in [0.05, 0.1) is 40.8 Å². The summed E-state index contributed by atoms with van der Waals surface area (Å²) < 4.78 is 6.42. The Morgan fingerprint density at radius 1 is 1.34 bits per heavy atom. The zero-order valence-electron chi connectivity index (χ0n) is 16.4. The maximum atomic E-state index is 13.2. The van der Waals surface area contributed by atoms with Crippen LogP contribution in [-0.4, -0.2) is 21.1 Å². The zero-order chi connectivity index (χ0) is 20.7. The second-order valence-electron chi connectivity index (χ2n) is 7.31. The quantitative estimate of drug-likeness (QED) is 0.488. The van der Waals surface area contributed by atoms with Crippen LogP contribution in [0, 0.1) is 0 Å². The highest BCUT2D eigenvalue weighted by Crippen LogP contribution is 2.41. The lowest BCUT2D eigenvalue weighted by Crippen LogP contribution is -2.27. The first kappa shape index (κ1) is 19.1. The number of rotatable bonds is 6. The molecule has 29 heavy (non-hydrogen) atoms. The number of nitrogens with two attached hydrogens (primary N) is 1. The van der Waals surface area contributed by atoms with Crippen LogP contribution in [0.3, 0.4) is 0 Å². The lowest BCUT2D eigenvalue weighted by atomic mass is 9.96. The monoisotopic (exact) mass is 393 g/mol. The molecule has 1 aliphatic heterocycles. The fraction of sp³-hybridized carbons (Fsp3) is 0.318. The number of hydrogen-bond acceptors (Lipinski definition) is 6. The molecule has 2 aromatic heterocycles. The first-order valence-electron chi connectivity index (χ1n) is 9.68. The van der Waals surface area contributed by atoms with Gasteiger partial charge in [-0.3, -0.25) is 9.59 Å². The first-order chi connectivity index (χ1) is 14.0. The number of benzene rings is 1. The second-order valence-corrected chi connectivity index (χ2v) is 7.31. The third-order valence-corrected chi connectivity index (χ3v) is 5.51. The lowest BCUT2D eigenvalue weighted by Gasteiger charge is -2.18. The molecule has 0 amide bonds. The maximum Gasteiger partial charge on any atom is 0.293 e. The fourth-order valence-corrected chi connectivity index (χ4v) is 4.34. The molecule has 4 rings (SSSR count). The molecule has 0 bridgehead atoms. The molecule has 7 heteroatoms. The Kier molecular flexibility index (Phi) is 4.84. The standard InChI is InChI=1S/C22H23N3O4/c1-3-6-13-14-7-4-5-8-17(14)24-20-15(13)9-25-21(20)19(23)18(12(2)27)16(22(25)28)10-29-11-26/h4-5,7-8,11-12,27H,3,6,9-10,23H2,1-2H3. The summed E-state index contributed by atoms with van der Waals surface area (Å²) in [6.45, 7) is 4.06. The Morgan fingerprint density at radius 2 is 2.10 bits per heavy atom. The van der Waals surface area contributed by atoms with Crippen molar-refractivity contribution < 1.29 is 14.6 Å². The molecule has 1 aliphatic rings. The van der Waals surface area contributed by atoms with Crippen molar-refractivity contribution in [1.82, 2.24) is 9.55 Å². The summed E-state index contributed by atoms with van der Waals surface area (Å²) in [5.41, 5.74) is 11.1. The van der Waals surface area contributed by atoms with Crippen molar-refractivity contribution in [3.63, 3.8) is 0 Å². The molecule has 0 saturated carbocycles. The summed E-state index contributed by atoms with van der Waals surface area (Å²) in [5.74, 6) is 0. The fourth-order valence-electron chi connectivity index (χ4n) is 4.34. The Morgan fingerprint density at radius 3 is 2.79 bits per heavy atom. The number of aromatic nitrogens is 2. The average molecular weight is 393 g/mol. The van der Waals surface area contributed by atoms with E-state index in [0.717, 1.165) is 29.3 Å². The Hall–Kier alpha value is -3.19. The number of ether oxygens (including phenoxy) is 1. The number of carbonyl (C=O) groups is 1. The molecule has 3 aromatic rings. The predicted molar refractivity (Wildman–Crippen MR) is 110 cm³/mol. The highest BCUT2D eigenvalue weighted by atomic mass is 16.5. The van der Waals surface area contributed by atoms with Crippen LogP contribution < -0.4 is 11.3 Å². The lowest BCUT2D eigenvalue weighted by molar-refractivity contribution is -0.129. The van der Waals surface area contributed by atoms with Crippen molar-refractivity contribution in [3.05, 3.63) is 56.9 Å². The van der Waals surface area contributed by atoms with E-state index in [1.807, 2.05) is 24.3 Å². The number of anilines is 1. The minimum Gasteiger partial charge on any atom is -0.463 e. The molecule has 7 nitrogen and oxygen atoms in total. The van der Waals surface area contributed by atoms with Crippen molar-refractivity contribution >= 4 is 23.1 Å². The molecule has 0 fully saturated rings. The number of para-hydroxylation sites is 1. The van der Waals surface area contributed by atoms with E-state index in [1.54, 1.807) is 11.5 Å². The maximum absolute atomic E-state index is 13.2. The van der Waals surface area contributed by atoms with Crippen molar-refractivity contribution in [2.45, 2.75) is 45.9 Å². The van der Waals surface area contributed by atoms with E-state index in [1.165, 1.54) is 5.56 Å². The van der Waals surface area contributed by atoms with Crippen molar-refractivity contribution in [2.24, 2.45) is 0 Å². The summed E-state index contributed by atoms with van der Waals surface area (Å²) in [7, 11) is 0. The molecular weight excluding hydrogens is 370 g/mol. The average Bonchev–Trinajstić information content (AvgIpc) is 3.09. The third kappa shape index (κ3) is 2.89. The summed E-state index contributed by atoms with van der Waals surface area (Å²) in [6.07, 6.45) is 0.829. The van der Waals surface area contributed by atoms with Crippen LogP contribution in [0.25, 0.3) is 22.3 Å². The predicted octanol–water partition coefficient (Wildman–Crippen LogP) is 2.69. The number of hydrogen-bond donors (Lipinski definition) is 2. The van der Waals surface area contributed by atoms with Crippen LogP contribution in [0.5, 0.6) is 0 Å². The van der Waals surface area contributed by atoms with Crippen molar-refractivity contribution in [1.29, 1.82) is 0 Å². The van der Waals surface area contributed by atoms with Gasteiger partial charge in [-0.2, -0.15) is 0 Å². The number of nitrogen functional groups attached to an aromatic ring is 1.